The molecule has 7 heteroatoms. The number of nitrogens with zero attached hydrogens (tertiary/aromatic N) is 1. The zero-order chi connectivity index (χ0) is 19.2. The maximum atomic E-state index is 12.1. The number of amides is 1. The molecule has 1 fully saturated rings. The number of halogens is 1. The molecule has 1 aliphatic rings. The average molecular weight is 390 g/mol. The molecule has 2 aromatic carbocycles. The number of esters is 1. The van der Waals surface area contributed by atoms with Gasteiger partial charge in [0.05, 0.1) is 13.7 Å². The molecule has 0 aliphatic carbocycles. The highest BCUT2D eigenvalue weighted by atomic mass is 35.5. The maximum Gasteiger partial charge on any atom is 0.414 e. The van der Waals surface area contributed by atoms with Gasteiger partial charge in [-0.15, -0.1) is 0 Å². The highest BCUT2D eigenvalue weighted by Gasteiger charge is 2.32. The third-order valence-corrected chi connectivity index (χ3v) is 4.47. The number of anilines is 1. The van der Waals surface area contributed by atoms with Gasteiger partial charge in [-0.25, -0.2) is 4.79 Å². The predicted octanol–water partition coefficient (Wildman–Crippen LogP) is 3.85. The normalized spacial score (nSPS) is 16.1. The molecule has 1 unspecified atom stereocenters. The summed E-state index contributed by atoms with van der Waals surface area (Å²) in [6, 6.07) is 14.5. The van der Waals surface area contributed by atoms with E-state index in [1.165, 1.54) is 7.11 Å². The molecule has 0 radical (unpaired) electrons. The van der Waals surface area contributed by atoms with Crippen molar-refractivity contribution in [3.63, 3.8) is 0 Å². The number of methoxy groups -OCH3 is 1. The SMILES string of the molecule is COC(=O)CCc1ccc(OCC2CN(c3ccc(Cl)cc3)C(=O)O2)cc1. The number of benzene rings is 2. The van der Waals surface area contributed by atoms with E-state index in [9.17, 15) is 9.59 Å². The first-order chi connectivity index (χ1) is 13.0. The summed E-state index contributed by atoms with van der Waals surface area (Å²) in [5, 5.41) is 0.612. The first-order valence-electron chi connectivity index (χ1n) is 8.57. The highest BCUT2D eigenvalue weighted by Crippen LogP contribution is 2.24. The molecule has 6 nitrogen and oxygen atoms in total. The summed E-state index contributed by atoms with van der Waals surface area (Å²) >= 11 is 5.88. The Kier molecular flexibility index (Phi) is 6.19. The second kappa shape index (κ2) is 8.77. The summed E-state index contributed by atoms with van der Waals surface area (Å²) in [4.78, 5) is 24.8. The van der Waals surface area contributed by atoms with E-state index in [2.05, 4.69) is 4.74 Å². The Morgan fingerprint density at radius 1 is 1.19 bits per heavy atom. The largest absolute Gasteiger partial charge is 0.490 e. The molecular weight excluding hydrogens is 370 g/mol. The quantitative estimate of drug-likeness (QED) is 0.673. The van der Waals surface area contributed by atoms with Gasteiger partial charge < -0.3 is 14.2 Å². The van der Waals surface area contributed by atoms with E-state index in [1.54, 1.807) is 29.2 Å². The van der Waals surface area contributed by atoms with Crippen LogP contribution in [0.5, 0.6) is 5.75 Å². The minimum atomic E-state index is -0.399. The Morgan fingerprint density at radius 2 is 1.89 bits per heavy atom. The molecule has 2 aromatic rings. The maximum absolute atomic E-state index is 12.1. The molecule has 1 atom stereocenters. The van der Waals surface area contributed by atoms with Crippen molar-refractivity contribution in [1.29, 1.82) is 0 Å². The molecule has 1 aliphatic heterocycles. The summed E-state index contributed by atoms with van der Waals surface area (Å²) in [5.74, 6) is 0.446. The Morgan fingerprint density at radius 3 is 2.56 bits per heavy atom. The molecule has 1 heterocycles. The molecular formula is C20H20ClNO5. The van der Waals surface area contributed by atoms with Gasteiger partial charge in [-0.1, -0.05) is 23.7 Å². The topological polar surface area (TPSA) is 65.1 Å². The summed E-state index contributed by atoms with van der Waals surface area (Å²) < 4.78 is 15.7. The summed E-state index contributed by atoms with van der Waals surface area (Å²) in [6.07, 6.45) is 0.203. The van der Waals surface area contributed by atoms with Crippen molar-refractivity contribution in [2.75, 3.05) is 25.2 Å². The van der Waals surface area contributed by atoms with Crippen LogP contribution in [0.4, 0.5) is 10.5 Å². The number of ether oxygens (including phenoxy) is 3. The predicted molar refractivity (Wildman–Crippen MR) is 101 cm³/mol. The van der Waals surface area contributed by atoms with Crippen LogP contribution in [0.3, 0.4) is 0 Å². The fourth-order valence-electron chi connectivity index (χ4n) is 2.73. The molecule has 1 amide bonds. The van der Waals surface area contributed by atoms with Crippen LogP contribution < -0.4 is 9.64 Å². The van der Waals surface area contributed by atoms with Crippen molar-refractivity contribution in [3.05, 3.63) is 59.1 Å². The summed E-state index contributed by atoms with van der Waals surface area (Å²) in [7, 11) is 1.38. The number of carbonyl (C=O) groups is 2. The van der Waals surface area contributed by atoms with Gasteiger partial charge in [-0.05, 0) is 48.4 Å². The van der Waals surface area contributed by atoms with Crippen LogP contribution >= 0.6 is 11.6 Å². The first-order valence-corrected chi connectivity index (χ1v) is 8.95. The lowest BCUT2D eigenvalue weighted by atomic mass is 10.1. The van der Waals surface area contributed by atoms with Gasteiger partial charge >= 0.3 is 12.1 Å². The van der Waals surface area contributed by atoms with Crippen LogP contribution in [-0.2, 0) is 20.7 Å². The molecule has 0 aromatic heterocycles. The van der Waals surface area contributed by atoms with Crippen molar-refractivity contribution in [1.82, 2.24) is 0 Å². The molecule has 27 heavy (non-hydrogen) atoms. The molecule has 0 bridgehead atoms. The Bertz CT molecular complexity index is 791. The number of rotatable bonds is 7. The Labute approximate surface area is 162 Å². The highest BCUT2D eigenvalue weighted by molar-refractivity contribution is 6.30. The smallest absolute Gasteiger partial charge is 0.414 e. The van der Waals surface area contributed by atoms with Crippen molar-refractivity contribution >= 4 is 29.4 Å². The van der Waals surface area contributed by atoms with Crippen molar-refractivity contribution < 1.29 is 23.8 Å². The second-order valence-electron chi connectivity index (χ2n) is 6.12. The molecule has 1 saturated heterocycles. The van der Waals surface area contributed by atoms with Gasteiger partial charge in [0.2, 0.25) is 0 Å². The van der Waals surface area contributed by atoms with E-state index in [4.69, 9.17) is 21.1 Å². The minimum absolute atomic E-state index is 0.233. The fourth-order valence-corrected chi connectivity index (χ4v) is 2.86. The van der Waals surface area contributed by atoms with Crippen LogP contribution in [0.25, 0.3) is 0 Å². The van der Waals surface area contributed by atoms with E-state index in [0.717, 1.165) is 11.3 Å². The first kappa shape index (κ1) is 19.0. The third-order valence-electron chi connectivity index (χ3n) is 4.22. The lowest BCUT2D eigenvalue weighted by Gasteiger charge is -2.13. The number of hydrogen-bond acceptors (Lipinski definition) is 5. The average Bonchev–Trinajstić information content (AvgIpc) is 3.06. The minimum Gasteiger partial charge on any atom is -0.490 e. The monoisotopic (exact) mass is 389 g/mol. The van der Waals surface area contributed by atoms with Crippen LogP contribution in [0.15, 0.2) is 48.5 Å². The van der Waals surface area contributed by atoms with Gasteiger partial charge in [0.1, 0.15) is 12.4 Å². The molecule has 0 N–H and O–H groups in total. The molecule has 142 valence electrons. The van der Waals surface area contributed by atoms with Crippen molar-refractivity contribution in [2.45, 2.75) is 18.9 Å². The van der Waals surface area contributed by atoms with Gasteiger partial charge in [0, 0.05) is 17.1 Å². The number of cyclic esters (lactones) is 1. The van der Waals surface area contributed by atoms with Gasteiger partial charge in [0.25, 0.3) is 0 Å². The van der Waals surface area contributed by atoms with Crippen molar-refractivity contribution in [3.8, 4) is 5.75 Å². The van der Waals surface area contributed by atoms with Gasteiger partial charge in [-0.3, -0.25) is 9.69 Å². The van der Waals surface area contributed by atoms with E-state index < -0.39 is 6.09 Å². The van der Waals surface area contributed by atoms with E-state index in [1.807, 2.05) is 24.3 Å². The summed E-state index contributed by atoms with van der Waals surface area (Å²) in [5.41, 5.74) is 1.76. The number of aryl methyl sites for hydroxylation is 1. The molecule has 3 rings (SSSR count). The second-order valence-corrected chi connectivity index (χ2v) is 6.56. The number of hydrogen-bond donors (Lipinski definition) is 0. The van der Waals surface area contributed by atoms with Crippen LogP contribution in [0.1, 0.15) is 12.0 Å². The van der Waals surface area contributed by atoms with E-state index >= 15 is 0 Å². The Hall–Kier alpha value is -2.73. The fraction of sp³-hybridized carbons (Fsp3) is 0.300. The summed E-state index contributed by atoms with van der Waals surface area (Å²) in [6.45, 7) is 0.676. The molecule has 0 saturated carbocycles. The third kappa shape index (κ3) is 5.14. The molecule has 0 spiro atoms. The van der Waals surface area contributed by atoms with Gasteiger partial charge in [0.15, 0.2) is 6.10 Å². The lowest BCUT2D eigenvalue weighted by Crippen LogP contribution is -2.26. The number of carbonyl (C=O) groups excluding carboxylic acids is 2. The Balaban J connectivity index is 1.49. The van der Waals surface area contributed by atoms with Gasteiger partial charge in [-0.2, -0.15) is 0 Å². The lowest BCUT2D eigenvalue weighted by molar-refractivity contribution is -0.140. The zero-order valence-corrected chi connectivity index (χ0v) is 15.6. The van der Waals surface area contributed by atoms with Crippen molar-refractivity contribution in [2.24, 2.45) is 0 Å². The van der Waals surface area contributed by atoms with Crippen LogP contribution in [0.2, 0.25) is 5.02 Å². The van der Waals surface area contributed by atoms with E-state index in [-0.39, 0.29) is 18.7 Å². The van der Waals surface area contributed by atoms with E-state index in [0.29, 0.717) is 30.2 Å². The zero-order valence-electron chi connectivity index (χ0n) is 14.9. The standard InChI is InChI=1S/C20H20ClNO5/c1-25-19(23)11-4-14-2-9-17(10-3-14)26-13-18-12-22(20(24)27-18)16-7-5-15(21)6-8-16/h2-3,5-10,18H,4,11-13H2,1H3. The van der Waals surface area contributed by atoms with Crippen LogP contribution in [0, 0.1) is 0 Å². The van der Waals surface area contributed by atoms with Crippen LogP contribution in [-0.4, -0.2) is 38.4 Å².